The predicted octanol–water partition coefficient (Wildman–Crippen LogP) is 3.74. The number of benzene rings is 2. The first-order valence-electron chi connectivity index (χ1n) is 6.98. The number of nitrogens with one attached hydrogen (secondary N) is 1. The van der Waals surface area contributed by atoms with Crippen LogP contribution in [0.4, 0.5) is 5.69 Å². The van der Waals surface area contributed by atoms with Gasteiger partial charge in [0.1, 0.15) is 0 Å². The molecule has 2 rings (SSSR count). The minimum absolute atomic E-state index is 0.174. The third-order valence-electron chi connectivity index (χ3n) is 3.16. The van der Waals surface area contributed by atoms with Crippen molar-refractivity contribution in [2.45, 2.75) is 19.4 Å². The number of hydrogen-bond acceptors (Lipinski definition) is 2. The van der Waals surface area contributed by atoms with Crippen LogP contribution in [0.25, 0.3) is 6.08 Å². The molecule has 2 heteroatoms. The van der Waals surface area contributed by atoms with Crippen molar-refractivity contribution < 1.29 is 5.11 Å². The molecule has 20 heavy (non-hydrogen) atoms. The molecule has 0 bridgehead atoms. The summed E-state index contributed by atoms with van der Waals surface area (Å²) in [5.41, 5.74) is 3.44. The van der Waals surface area contributed by atoms with E-state index in [1.807, 2.05) is 36.4 Å². The first kappa shape index (κ1) is 14.4. The Hall–Kier alpha value is -2.06. The van der Waals surface area contributed by atoms with Crippen LogP contribution in [0.2, 0.25) is 0 Å². The molecule has 2 aromatic carbocycles. The van der Waals surface area contributed by atoms with Gasteiger partial charge in [-0.1, -0.05) is 60.7 Å². The summed E-state index contributed by atoms with van der Waals surface area (Å²) >= 11 is 0. The third kappa shape index (κ3) is 4.25. The summed E-state index contributed by atoms with van der Waals surface area (Å²) in [7, 11) is 0. The second kappa shape index (κ2) is 7.51. The van der Waals surface area contributed by atoms with E-state index in [0.29, 0.717) is 6.42 Å². The fraction of sp³-hybridized carbons (Fsp3) is 0.222. The fourth-order valence-electron chi connectivity index (χ4n) is 2.11. The highest BCUT2D eigenvalue weighted by atomic mass is 16.2. The lowest BCUT2D eigenvalue weighted by Gasteiger charge is -2.15. The fourth-order valence-corrected chi connectivity index (χ4v) is 2.11. The van der Waals surface area contributed by atoms with Crippen LogP contribution in [-0.4, -0.2) is 17.8 Å². The quantitative estimate of drug-likeness (QED) is 0.835. The molecule has 1 atom stereocenters. The minimum Gasteiger partial charge on any atom is -0.396 e. The Morgan fingerprint density at radius 3 is 2.50 bits per heavy atom. The van der Waals surface area contributed by atoms with E-state index < -0.39 is 0 Å². The molecular weight excluding hydrogens is 246 g/mol. The molecule has 0 aliphatic heterocycles. The highest BCUT2D eigenvalue weighted by molar-refractivity contribution is 5.55. The lowest BCUT2D eigenvalue weighted by molar-refractivity contribution is 0.300. The zero-order valence-corrected chi connectivity index (χ0v) is 11.8. The molecule has 0 amide bonds. The molecule has 0 aliphatic carbocycles. The van der Waals surface area contributed by atoms with E-state index >= 15 is 0 Å². The van der Waals surface area contributed by atoms with Gasteiger partial charge in [0.25, 0.3) is 0 Å². The van der Waals surface area contributed by atoms with Gasteiger partial charge in [-0.2, -0.15) is 0 Å². The highest BCUT2D eigenvalue weighted by Gasteiger charge is 2.03. The summed E-state index contributed by atoms with van der Waals surface area (Å²) in [6.45, 7) is 2.29. The zero-order valence-electron chi connectivity index (χ0n) is 11.8. The van der Waals surface area contributed by atoms with Crippen LogP contribution in [0.15, 0.2) is 60.7 Å². The monoisotopic (exact) mass is 267 g/mol. The van der Waals surface area contributed by atoms with Crippen molar-refractivity contribution in [3.05, 3.63) is 71.8 Å². The van der Waals surface area contributed by atoms with Gasteiger partial charge in [0.15, 0.2) is 0 Å². The Kier molecular flexibility index (Phi) is 5.39. The molecule has 2 aromatic rings. The molecule has 1 unspecified atom stereocenters. The number of anilines is 1. The normalized spacial score (nSPS) is 12.5. The number of aliphatic hydroxyl groups is 1. The van der Waals surface area contributed by atoms with Crippen LogP contribution in [-0.2, 0) is 6.42 Å². The van der Waals surface area contributed by atoms with E-state index in [1.54, 1.807) is 0 Å². The second-order valence-corrected chi connectivity index (χ2v) is 4.83. The molecule has 0 saturated heterocycles. The molecule has 0 aliphatic rings. The lowest BCUT2D eigenvalue weighted by atomic mass is 10.1. The predicted molar refractivity (Wildman–Crippen MR) is 85.8 cm³/mol. The van der Waals surface area contributed by atoms with E-state index in [-0.39, 0.29) is 12.6 Å². The number of rotatable bonds is 6. The minimum atomic E-state index is 0.174. The summed E-state index contributed by atoms with van der Waals surface area (Å²) in [6, 6.07) is 18.6. The maximum atomic E-state index is 9.09. The van der Waals surface area contributed by atoms with Gasteiger partial charge in [0.2, 0.25) is 0 Å². The summed E-state index contributed by atoms with van der Waals surface area (Å²) < 4.78 is 0. The van der Waals surface area contributed by atoms with Gasteiger partial charge in [-0.15, -0.1) is 0 Å². The van der Waals surface area contributed by atoms with Crippen molar-refractivity contribution >= 4 is 11.8 Å². The molecule has 0 aromatic heterocycles. The second-order valence-electron chi connectivity index (χ2n) is 4.83. The van der Waals surface area contributed by atoms with Crippen LogP contribution >= 0.6 is 0 Å². The van der Waals surface area contributed by atoms with E-state index in [1.165, 1.54) is 5.56 Å². The van der Waals surface area contributed by atoms with Gasteiger partial charge >= 0.3 is 0 Å². The number of hydrogen-bond donors (Lipinski definition) is 2. The van der Waals surface area contributed by atoms with Gasteiger partial charge in [-0.05, 0) is 30.5 Å². The summed E-state index contributed by atoms with van der Waals surface area (Å²) in [6.07, 6.45) is 4.94. The first-order valence-corrected chi connectivity index (χ1v) is 6.98. The maximum Gasteiger partial charge on any atom is 0.0472 e. The Morgan fingerprint density at radius 1 is 1.05 bits per heavy atom. The van der Waals surface area contributed by atoms with Gasteiger partial charge in [0, 0.05) is 18.3 Å². The molecule has 0 saturated carbocycles. The lowest BCUT2D eigenvalue weighted by Crippen LogP contribution is -2.13. The molecule has 2 nitrogen and oxygen atoms in total. The molecule has 104 valence electrons. The van der Waals surface area contributed by atoms with Crippen molar-refractivity contribution in [3.63, 3.8) is 0 Å². The van der Waals surface area contributed by atoms with E-state index in [0.717, 1.165) is 11.3 Å². The molecular formula is C18H21NO. The van der Waals surface area contributed by atoms with Crippen LogP contribution in [0.1, 0.15) is 18.1 Å². The largest absolute Gasteiger partial charge is 0.396 e. The SMILES string of the molecule is CC(C=Cc1ccccc1)Nc1ccccc1CCO. The molecule has 0 radical (unpaired) electrons. The van der Waals surface area contributed by atoms with E-state index in [9.17, 15) is 0 Å². The van der Waals surface area contributed by atoms with E-state index in [4.69, 9.17) is 5.11 Å². The summed E-state index contributed by atoms with van der Waals surface area (Å²) in [5, 5.41) is 12.6. The summed E-state index contributed by atoms with van der Waals surface area (Å²) in [5.74, 6) is 0. The van der Waals surface area contributed by atoms with Crippen molar-refractivity contribution in [1.82, 2.24) is 0 Å². The van der Waals surface area contributed by atoms with Crippen LogP contribution in [0.3, 0.4) is 0 Å². The van der Waals surface area contributed by atoms with Gasteiger partial charge in [-0.25, -0.2) is 0 Å². The molecule has 2 N–H and O–H groups in total. The van der Waals surface area contributed by atoms with Crippen LogP contribution in [0.5, 0.6) is 0 Å². The smallest absolute Gasteiger partial charge is 0.0472 e. The van der Waals surface area contributed by atoms with Crippen LogP contribution in [0, 0.1) is 0 Å². The topological polar surface area (TPSA) is 32.3 Å². The van der Waals surface area contributed by atoms with Gasteiger partial charge in [0.05, 0.1) is 0 Å². The van der Waals surface area contributed by atoms with E-state index in [2.05, 4.69) is 42.6 Å². The van der Waals surface area contributed by atoms with Gasteiger partial charge in [-0.3, -0.25) is 0 Å². The molecule has 0 fully saturated rings. The van der Waals surface area contributed by atoms with Crippen molar-refractivity contribution in [2.75, 3.05) is 11.9 Å². The average molecular weight is 267 g/mol. The Labute approximate surface area is 120 Å². The van der Waals surface area contributed by atoms with Crippen molar-refractivity contribution in [1.29, 1.82) is 0 Å². The summed E-state index contributed by atoms with van der Waals surface area (Å²) in [4.78, 5) is 0. The molecule has 0 heterocycles. The molecule has 0 spiro atoms. The number of aliphatic hydroxyl groups excluding tert-OH is 1. The highest BCUT2D eigenvalue weighted by Crippen LogP contribution is 2.17. The average Bonchev–Trinajstić information content (AvgIpc) is 2.49. The zero-order chi connectivity index (χ0) is 14.2. The van der Waals surface area contributed by atoms with Gasteiger partial charge < -0.3 is 10.4 Å². The Bertz CT molecular complexity index is 548. The van der Waals surface area contributed by atoms with Crippen LogP contribution < -0.4 is 5.32 Å². The first-order chi connectivity index (χ1) is 9.79. The maximum absolute atomic E-state index is 9.09. The third-order valence-corrected chi connectivity index (χ3v) is 3.16. The van der Waals surface area contributed by atoms with Crippen molar-refractivity contribution in [3.8, 4) is 0 Å². The Balaban J connectivity index is 2.01. The standard InChI is InChI=1S/C18H21NO/c1-15(11-12-16-7-3-2-4-8-16)19-18-10-6-5-9-17(18)13-14-20/h2-12,15,19-20H,13-14H2,1H3. The number of para-hydroxylation sites is 1. The Morgan fingerprint density at radius 2 is 1.75 bits per heavy atom. The van der Waals surface area contributed by atoms with Crippen molar-refractivity contribution in [2.24, 2.45) is 0 Å².